The minimum atomic E-state index is -1.22. The number of hydrogen-bond acceptors (Lipinski definition) is 3. The van der Waals surface area contributed by atoms with Gasteiger partial charge in [0.15, 0.2) is 0 Å². The van der Waals surface area contributed by atoms with Gasteiger partial charge in [0.2, 0.25) is 0 Å². The number of carbonyl (C=O) groups is 3. The van der Waals surface area contributed by atoms with Crippen LogP contribution in [-0.2, 0) is 14.4 Å². The summed E-state index contributed by atoms with van der Waals surface area (Å²) in [5.41, 5.74) is -0.0903. The maximum absolute atomic E-state index is 10.1. The van der Waals surface area contributed by atoms with Crippen molar-refractivity contribution in [2.24, 2.45) is 0 Å². The molecule has 86 valence electrons. The first-order chi connectivity index (χ1) is 6.84. The van der Waals surface area contributed by atoms with E-state index >= 15 is 0 Å². The molecule has 3 N–H and O–H groups in total. The van der Waals surface area contributed by atoms with Crippen LogP contribution in [0.1, 0.15) is 13.3 Å². The lowest BCUT2D eigenvalue weighted by Crippen LogP contribution is -2.02. The Morgan fingerprint density at radius 2 is 1.60 bits per heavy atom. The molecule has 7 heteroatoms. The summed E-state index contributed by atoms with van der Waals surface area (Å²) in [5, 5.41) is 24.1. The standard InChI is InChI=1S/C6H8O4.C2H3BrO2/c1-2-4(6(9)10)3-5(7)8;3-1-2(4)5/h3H,2H2,1H3,(H,7,8)(H,9,10);1H2,(H,4,5)/b4-3+;. The van der Waals surface area contributed by atoms with Crippen LogP contribution in [0.2, 0.25) is 0 Å². The van der Waals surface area contributed by atoms with E-state index in [1.807, 2.05) is 0 Å². The van der Waals surface area contributed by atoms with Crippen molar-refractivity contribution in [2.75, 3.05) is 5.33 Å². The van der Waals surface area contributed by atoms with Gasteiger partial charge in [0.25, 0.3) is 0 Å². The highest BCUT2D eigenvalue weighted by atomic mass is 79.9. The fourth-order valence-electron chi connectivity index (χ4n) is 0.464. The van der Waals surface area contributed by atoms with E-state index in [1.165, 1.54) is 0 Å². The highest BCUT2D eigenvalue weighted by Crippen LogP contribution is 1.98. The Balaban J connectivity index is 0. The Hall–Kier alpha value is -1.37. The predicted octanol–water partition coefficient (Wildman–Crippen LogP) is 0.958. The van der Waals surface area contributed by atoms with E-state index in [1.54, 1.807) is 6.92 Å². The summed E-state index contributed by atoms with van der Waals surface area (Å²) in [4.78, 5) is 29.4. The van der Waals surface area contributed by atoms with Crippen LogP contribution in [0.4, 0.5) is 0 Å². The Morgan fingerprint density at radius 3 is 1.67 bits per heavy atom. The molecule has 0 aliphatic rings. The maximum atomic E-state index is 10.1. The number of alkyl halides is 1. The third-order valence-electron chi connectivity index (χ3n) is 1.07. The molecular weight excluding hydrogens is 272 g/mol. The zero-order chi connectivity index (χ0) is 12.4. The predicted molar refractivity (Wildman–Crippen MR) is 55.1 cm³/mol. The first-order valence-corrected chi connectivity index (χ1v) is 4.91. The molecule has 6 nitrogen and oxygen atoms in total. The molecule has 15 heavy (non-hydrogen) atoms. The molecule has 0 bridgehead atoms. The minimum Gasteiger partial charge on any atom is -0.481 e. The molecule has 0 aliphatic carbocycles. The molecule has 0 rings (SSSR count). The normalized spacial score (nSPS) is 9.87. The lowest BCUT2D eigenvalue weighted by atomic mass is 10.2. The number of aliphatic carboxylic acids is 3. The molecule has 0 saturated heterocycles. The monoisotopic (exact) mass is 282 g/mol. The van der Waals surface area contributed by atoms with Crippen molar-refractivity contribution < 1.29 is 29.7 Å². The number of rotatable bonds is 4. The van der Waals surface area contributed by atoms with Gasteiger partial charge in [0.1, 0.15) is 5.33 Å². The first-order valence-electron chi connectivity index (χ1n) is 3.79. The molecule has 0 unspecified atom stereocenters. The summed E-state index contributed by atoms with van der Waals surface area (Å²) in [6.45, 7) is 1.59. The van der Waals surface area contributed by atoms with E-state index in [2.05, 4.69) is 15.9 Å². The number of hydrogen-bond donors (Lipinski definition) is 3. The van der Waals surface area contributed by atoms with E-state index in [0.717, 1.165) is 0 Å². The zero-order valence-corrected chi connectivity index (χ0v) is 9.52. The summed E-state index contributed by atoms with van der Waals surface area (Å²) >= 11 is 2.71. The highest BCUT2D eigenvalue weighted by molar-refractivity contribution is 9.09. The Labute approximate surface area is 94.3 Å². The zero-order valence-electron chi connectivity index (χ0n) is 7.94. The van der Waals surface area contributed by atoms with Crippen LogP contribution in [-0.4, -0.2) is 38.6 Å². The van der Waals surface area contributed by atoms with Gasteiger partial charge in [-0.05, 0) is 6.42 Å². The van der Waals surface area contributed by atoms with Crippen molar-refractivity contribution in [3.8, 4) is 0 Å². The van der Waals surface area contributed by atoms with E-state index in [4.69, 9.17) is 15.3 Å². The highest BCUT2D eigenvalue weighted by Gasteiger charge is 2.05. The van der Waals surface area contributed by atoms with Gasteiger partial charge in [-0.15, -0.1) is 0 Å². The van der Waals surface area contributed by atoms with Gasteiger partial charge in [0.05, 0.1) is 0 Å². The Kier molecular flexibility index (Phi) is 9.85. The van der Waals surface area contributed by atoms with Gasteiger partial charge in [-0.2, -0.15) is 0 Å². The van der Waals surface area contributed by atoms with Gasteiger partial charge in [0, 0.05) is 11.6 Å². The summed E-state index contributed by atoms with van der Waals surface area (Å²) in [6, 6.07) is 0. The molecule has 0 fully saturated rings. The van der Waals surface area contributed by atoms with Crippen molar-refractivity contribution in [1.82, 2.24) is 0 Å². The molecular formula is C8H11BrO6. The maximum Gasteiger partial charge on any atom is 0.331 e. The largest absolute Gasteiger partial charge is 0.481 e. The van der Waals surface area contributed by atoms with Crippen LogP contribution >= 0.6 is 15.9 Å². The molecule has 0 aromatic heterocycles. The van der Waals surface area contributed by atoms with Gasteiger partial charge >= 0.3 is 17.9 Å². The molecule has 0 atom stereocenters. The topological polar surface area (TPSA) is 112 Å². The quantitative estimate of drug-likeness (QED) is 0.523. The van der Waals surface area contributed by atoms with Crippen molar-refractivity contribution in [1.29, 1.82) is 0 Å². The number of carboxylic acid groups (broad SMARTS) is 3. The summed E-state index contributed by atoms with van der Waals surface area (Å²) in [7, 11) is 0. The van der Waals surface area contributed by atoms with Gasteiger partial charge < -0.3 is 15.3 Å². The van der Waals surface area contributed by atoms with Gasteiger partial charge in [-0.1, -0.05) is 22.9 Å². The molecule has 0 amide bonds. The molecule has 0 radical (unpaired) electrons. The molecule has 0 aliphatic heterocycles. The summed E-state index contributed by atoms with van der Waals surface area (Å²) in [6.07, 6.45) is 0.921. The van der Waals surface area contributed by atoms with E-state index in [9.17, 15) is 14.4 Å². The van der Waals surface area contributed by atoms with Crippen LogP contribution < -0.4 is 0 Å². The molecule has 0 heterocycles. The average Bonchev–Trinajstić information content (AvgIpc) is 2.14. The SMILES string of the molecule is CC/C(=C\C(=O)O)C(=O)O.O=C(O)CBr. The third-order valence-corrected chi connectivity index (χ3v) is 1.55. The van der Waals surface area contributed by atoms with Crippen molar-refractivity contribution in [3.05, 3.63) is 11.6 Å². The van der Waals surface area contributed by atoms with Crippen LogP contribution in [0.3, 0.4) is 0 Å². The fourth-order valence-corrected chi connectivity index (χ4v) is 0.464. The molecule has 0 saturated carbocycles. The molecule has 0 spiro atoms. The van der Waals surface area contributed by atoms with Crippen LogP contribution in [0, 0.1) is 0 Å². The van der Waals surface area contributed by atoms with E-state index in [-0.39, 0.29) is 17.3 Å². The summed E-state index contributed by atoms with van der Waals surface area (Å²) < 4.78 is 0. The van der Waals surface area contributed by atoms with Crippen molar-refractivity contribution >= 4 is 33.8 Å². The first kappa shape index (κ1) is 16.1. The van der Waals surface area contributed by atoms with Crippen LogP contribution in [0.15, 0.2) is 11.6 Å². The van der Waals surface area contributed by atoms with Crippen LogP contribution in [0.25, 0.3) is 0 Å². The number of carboxylic acids is 3. The second kappa shape index (κ2) is 9.20. The van der Waals surface area contributed by atoms with E-state index < -0.39 is 17.9 Å². The van der Waals surface area contributed by atoms with Gasteiger partial charge in [-0.25, -0.2) is 9.59 Å². The van der Waals surface area contributed by atoms with Crippen LogP contribution in [0.5, 0.6) is 0 Å². The molecule has 0 aromatic rings. The lowest BCUT2D eigenvalue weighted by Gasteiger charge is -1.92. The van der Waals surface area contributed by atoms with Crippen molar-refractivity contribution in [3.63, 3.8) is 0 Å². The minimum absolute atomic E-state index is 0.0347. The third kappa shape index (κ3) is 12.6. The number of halogens is 1. The Bertz CT molecular complexity index is 270. The van der Waals surface area contributed by atoms with E-state index in [0.29, 0.717) is 6.08 Å². The lowest BCUT2D eigenvalue weighted by molar-refractivity contribution is -0.135. The van der Waals surface area contributed by atoms with Crippen molar-refractivity contribution in [2.45, 2.75) is 13.3 Å². The second-order valence-electron chi connectivity index (χ2n) is 2.19. The smallest absolute Gasteiger partial charge is 0.331 e. The Morgan fingerprint density at radius 1 is 1.20 bits per heavy atom. The fraction of sp³-hybridized carbons (Fsp3) is 0.375. The second-order valence-corrected chi connectivity index (χ2v) is 2.75. The summed E-state index contributed by atoms with van der Waals surface area (Å²) in [5.74, 6) is -3.23. The average molecular weight is 283 g/mol. The van der Waals surface area contributed by atoms with Gasteiger partial charge in [-0.3, -0.25) is 4.79 Å². The molecule has 0 aromatic carbocycles.